The molecule has 0 amide bonds. The Morgan fingerprint density at radius 1 is 0.286 bits per heavy atom. The lowest BCUT2D eigenvalue weighted by Crippen LogP contribution is -1.96. The number of hydrogen-bond acceptors (Lipinski definition) is 4. The summed E-state index contributed by atoms with van der Waals surface area (Å²) < 4.78 is 0. The van der Waals surface area contributed by atoms with Crippen molar-refractivity contribution in [3.8, 4) is 78.4 Å². The Hall–Kier alpha value is -7.56. The first kappa shape index (κ1) is 33.0. The third-order valence-corrected chi connectivity index (χ3v) is 10.5. The average molecular weight is 715 g/mol. The summed E-state index contributed by atoms with van der Waals surface area (Å²) in [4.78, 5) is 18.9. The highest BCUT2D eigenvalue weighted by Gasteiger charge is 2.14. The van der Waals surface area contributed by atoms with Crippen molar-refractivity contribution in [3.05, 3.63) is 207 Å². The molecule has 4 heteroatoms. The molecule has 7 aromatic carbocycles. The minimum absolute atomic E-state index is 0.679. The molecule has 0 bridgehead atoms. The molecule has 262 valence electrons. The first-order valence-electron chi connectivity index (χ1n) is 18.8. The molecule has 0 aliphatic heterocycles. The van der Waals surface area contributed by atoms with Crippen LogP contribution in [0.3, 0.4) is 0 Å². The summed E-state index contributed by atoms with van der Waals surface area (Å²) in [7, 11) is 0. The van der Waals surface area contributed by atoms with E-state index in [-0.39, 0.29) is 0 Å². The zero-order valence-electron chi connectivity index (χ0n) is 30.4. The molecule has 0 N–H and O–H groups in total. The van der Waals surface area contributed by atoms with E-state index in [1.165, 1.54) is 27.1 Å². The maximum absolute atomic E-state index is 5.18. The maximum Gasteiger partial charge on any atom is 0.160 e. The first-order chi connectivity index (χ1) is 27.7. The number of nitrogens with zero attached hydrogens (tertiary/aromatic N) is 4. The fraction of sp³-hybridized carbons (Fsp3) is 0. The summed E-state index contributed by atoms with van der Waals surface area (Å²) in [6.45, 7) is 0. The zero-order valence-corrected chi connectivity index (χ0v) is 30.4. The lowest BCUT2D eigenvalue weighted by Gasteiger charge is -2.13. The van der Waals surface area contributed by atoms with Crippen LogP contribution in [0.25, 0.3) is 100.0 Å². The molecule has 4 nitrogen and oxygen atoms in total. The van der Waals surface area contributed by atoms with E-state index in [4.69, 9.17) is 9.97 Å². The molecule has 0 spiro atoms. The van der Waals surface area contributed by atoms with Gasteiger partial charge in [0.25, 0.3) is 0 Å². The van der Waals surface area contributed by atoms with Gasteiger partial charge in [-0.15, -0.1) is 0 Å². The zero-order chi connectivity index (χ0) is 37.3. The SMILES string of the molecule is c1cncc(-c2ccc(-c3ccc(-c4cc(-c5ccc(-c6cccnc6)cc5)nc(-c5ccc(-c6cc7ccccc7c7ccccc67)cc5)n4)cc3)cc2)c1. The topological polar surface area (TPSA) is 51.6 Å². The van der Waals surface area contributed by atoms with Crippen molar-refractivity contribution in [1.29, 1.82) is 0 Å². The van der Waals surface area contributed by atoms with Gasteiger partial charge in [0.1, 0.15) is 0 Å². The molecule has 0 unspecified atom stereocenters. The number of benzene rings is 7. The Bertz CT molecular complexity index is 2960. The maximum atomic E-state index is 5.18. The van der Waals surface area contributed by atoms with Crippen molar-refractivity contribution >= 4 is 21.5 Å². The van der Waals surface area contributed by atoms with E-state index >= 15 is 0 Å². The first-order valence-corrected chi connectivity index (χ1v) is 18.8. The molecule has 0 saturated carbocycles. The van der Waals surface area contributed by atoms with E-state index in [2.05, 4.69) is 180 Å². The van der Waals surface area contributed by atoms with Crippen LogP contribution < -0.4 is 0 Å². The lowest BCUT2D eigenvalue weighted by molar-refractivity contribution is 1.18. The van der Waals surface area contributed by atoms with Crippen molar-refractivity contribution in [2.45, 2.75) is 0 Å². The van der Waals surface area contributed by atoms with Crippen LogP contribution in [0.2, 0.25) is 0 Å². The number of hydrogen-bond donors (Lipinski definition) is 0. The fourth-order valence-corrected chi connectivity index (χ4v) is 7.55. The Kier molecular flexibility index (Phi) is 8.47. The second kappa shape index (κ2) is 14.3. The minimum Gasteiger partial charge on any atom is -0.264 e. The monoisotopic (exact) mass is 714 g/mol. The molecular formula is C52H34N4. The smallest absolute Gasteiger partial charge is 0.160 e. The van der Waals surface area contributed by atoms with E-state index < -0.39 is 0 Å². The fourth-order valence-electron chi connectivity index (χ4n) is 7.55. The molecular weight excluding hydrogens is 681 g/mol. The number of pyridine rings is 2. The summed E-state index contributed by atoms with van der Waals surface area (Å²) >= 11 is 0. The van der Waals surface area contributed by atoms with Crippen LogP contribution in [0, 0.1) is 0 Å². The van der Waals surface area contributed by atoms with Crippen molar-refractivity contribution in [3.63, 3.8) is 0 Å². The third-order valence-electron chi connectivity index (χ3n) is 10.5. The van der Waals surface area contributed by atoms with Crippen LogP contribution in [0.15, 0.2) is 207 Å². The second-order valence-corrected chi connectivity index (χ2v) is 13.9. The van der Waals surface area contributed by atoms with Gasteiger partial charge in [-0.25, -0.2) is 9.97 Å². The molecule has 10 aromatic rings. The highest BCUT2D eigenvalue weighted by molar-refractivity contribution is 6.13. The van der Waals surface area contributed by atoms with E-state index in [1.54, 1.807) is 12.4 Å². The van der Waals surface area contributed by atoms with Gasteiger partial charge in [-0.2, -0.15) is 0 Å². The lowest BCUT2D eigenvalue weighted by atomic mass is 9.93. The van der Waals surface area contributed by atoms with Gasteiger partial charge in [0.2, 0.25) is 0 Å². The number of aromatic nitrogens is 4. The number of fused-ring (bicyclic) bond motifs is 3. The standard InChI is InChI=1S/C52H34N4/c1-2-10-46-43(7-1)31-49(48-12-4-3-11-47(46)48)39-21-27-42(28-22-39)52-55-50(32-51(56-52)41-25-19-38(20-26-41)45-9-6-30-54-34-45)40-23-17-36(18-24-40)35-13-15-37(16-14-35)44-8-5-29-53-33-44/h1-34H. The quantitative estimate of drug-likeness (QED) is 0.154. The van der Waals surface area contributed by atoms with Crippen molar-refractivity contribution < 1.29 is 0 Å². The predicted octanol–water partition coefficient (Wildman–Crippen LogP) is 13.2. The summed E-state index contributed by atoms with van der Waals surface area (Å²) in [5.74, 6) is 0.679. The molecule has 0 saturated heterocycles. The Labute approximate surface area is 325 Å². The minimum atomic E-state index is 0.679. The summed E-state index contributed by atoms with van der Waals surface area (Å²) in [6, 6.07) is 64.2. The van der Waals surface area contributed by atoms with Crippen molar-refractivity contribution in [2.24, 2.45) is 0 Å². The Morgan fingerprint density at radius 3 is 1.23 bits per heavy atom. The van der Waals surface area contributed by atoms with E-state index in [0.717, 1.165) is 67.0 Å². The number of rotatable bonds is 7. The van der Waals surface area contributed by atoms with Gasteiger partial charge < -0.3 is 0 Å². The largest absolute Gasteiger partial charge is 0.264 e. The molecule has 0 atom stereocenters. The van der Waals surface area contributed by atoms with Crippen LogP contribution in [0.5, 0.6) is 0 Å². The summed E-state index contributed by atoms with van der Waals surface area (Å²) in [5, 5.41) is 4.99. The molecule has 56 heavy (non-hydrogen) atoms. The van der Waals surface area contributed by atoms with Gasteiger partial charge in [0, 0.05) is 41.5 Å². The molecule has 3 aromatic heterocycles. The molecule has 0 aliphatic rings. The van der Waals surface area contributed by atoms with Crippen LogP contribution in [-0.4, -0.2) is 19.9 Å². The second-order valence-electron chi connectivity index (χ2n) is 13.9. The van der Waals surface area contributed by atoms with E-state index in [9.17, 15) is 0 Å². The van der Waals surface area contributed by atoms with E-state index in [0.29, 0.717) is 5.82 Å². The van der Waals surface area contributed by atoms with Crippen molar-refractivity contribution in [1.82, 2.24) is 19.9 Å². The van der Waals surface area contributed by atoms with Gasteiger partial charge in [-0.05, 0) is 90.3 Å². The predicted molar refractivity (Wildman–Crippen MR) is 231 cm³/mol. The van der Waals surface area contributed by atoms with Crippen LogP contribution >= 0.6 is 0 Å². The molecule has 10 rings (SSSR count). The highest BCUT2D eigenvalue weighted by atomic mass is 14.9. The van der Waals surface area contributed by atoms with Gasteiger partial charge in [-0.3, -0.25) is 9.97 Å². The summed E-state index contributed by atoms with van der Waals surface area (Å²) in [5.41, 5.74) is 13.8. The summed E-state index contributed by atoms with van der Waals surface area (Å²) in [6.07, 6.45) is 7.38. The van der Waals surface area contributed by atoms with Crippen LogP contribution in [0.1, 0.15) is 0 Å². The van der Waals surface area contributed by atoms with Gasteiger partial charge in [0.05, 0.1) is 11.4 Å². The molecule has 0 fully saturated rings. The van der Waals surface area contributed by atoms with Gasteiger partial charge >= 0.3 is 0 Å². The highest BCUT2D eigenvalue weighted by Crippen LogP contribution is 2.36. The normalized spacial score (nSPS) is 11.2. The van der Waals surface area contributed by atoms with Gasteiger partial charge in [-0.1, -0.05) is 158 Å². The molecule has 3 heterocycles. The van der Waals surface area contributed by atoms with Crippen LogP contribution in [0.4, 0.5) is 0 Å². The molecule has 0 aliphatic carbocycles. The Balaban J connectivity index is 1.02. The third kappa shape index (κ3) is 6.40. The van der Waals surface area contributed by atoms with Crippen molar-refractivity contribution in [2.75, 3.05) is 0 Å². The van der Waals surface area contributed by atoms with Gasteiger partial charge in [0.15, 0.2) is 5.82 Å². The van der Waals surface area contributed by atoms with E-state index in [1.807, 2.05) is 24.5 Å². The van der Waals surface area contributed by atoms with Crippen LogP contribution in [-0.2, 0) is 0 Å². The molecule has 0 radical (unpaired) electrons. The average Bonchev–Trinajstić information content (AvgIpc) is 3.29. The Morgan fingerprint density at radius 2 is 0.714 bits per heavy atom.